The van der Waals surface area contributed by atoms with Crippen molar-refractivity contribution in [2.75, 3.05) is 0 Å². The van der Waals surface area contributed by atoms with E-state index in [1.54, 1.807) is 47.6 Å². The number of imide groups is 1. The fourth-order valence-electron chi connectivity index (χ4n) is 3.93. The average molecular weight is 384 g/mol. The van der Waals surface area contributed by atoms with Gasteiger partial charge in [-0.05, 0) is 23.0 Å². The first-order valence-electron chi connectivity index (χ1n) is 7.89. The summed E-state index contributed by atoms with van der Waals surface area (Å²) in [5, 5.41) is 32.0. The van der Waals surface area contributed by atoms with E-state index in [4.69, 9.17) is 11.6 Å². The van der Waals surface area contributed by atoms with Gasteiger partial charge in [-0.15, -0.1) is 10.2 Å². The van der Waals surface area contributed by atoms with E-state index in [2.05, 4.69) is 15.3 Å². The van der Waals surface area contributed by atoms with E-state index in [9.17, 15) is 19.8 Å². The van der Waals surface area contributed by atoms with Gasteiger partial charge in [-0.1, -0.05) is 53.1 Å². The number of carboxylic acid groups (broad SMARTS) is 2. The molecule has 10 heteroatoms. The van der Waals surface area contributed by atoms with E-state index in [-0.39, 0.29) is 11.0 Å². The summed E-state index contributed by atoms with van der Waals surface area (Å²) in [4.78, 5) is 24.4. The molecule has 2 N–H and O–H groups in total. The lowest BCUT2D eigenvalue weighted by molar-refractivity contribution is -0.0736. The summed E-state index contributed by atoms with van der Waals surface area (Å²) in [6.45, 7) is 10.5. The Kier molecular flexibility index (Phi) is 4.65. The molecule has 0 bridgehead atoms. The molecule has 2 aromatic heterocycles. The topological polar surface area (TPSA) is 121 Å². The van der Waals surface area contributed by atoms with Crippen LogP contribution < -0.4 is 0 Å². The summed E-state index contributed by atoms with van der Waals surface area (Å²) >= 11 is 6.00. The third-order valence-electron chi connectivity index (χ3n) is 4.44. The summed E-state index contributed by atoms with van der Waals surface area (Å²) in [6.07, 6.45) is -3.22. The molecule has 2 aromatic rings. The third kappa shape index (κ3) is 2.76. The Hall–Kier alpha value is -2.42. The van der Waals surface area contributed by atoms with Crippen LogP contribution in [0.1, 0.15) is 47.4 Å². The lowest BCUT2D eigenvalue weighted by Crippen LogP contribution is -2.65. The van der Waals surface area contributed by atoms with Crippen LogP contribution in [0.25, 0.3) is 5.65 Å². The van der Waals surface area contributed by atoms with Gasteiger partial charge in [0.05, 0.1) is 0 Å². The Labute approximate surface area is 155 Å². The predicted octanol–water partition coefficient (Wildman–Crippen LogP) is 3.72. The molecule has 0 radical (unpaired) electrons. The van der Waals surface area contributed by atoms with Crippen LogP contribution in [-0.4, -0.2) is 47.1 Å². The van der Waals surface area contributed by atoms with Crippen LogP contribution in [0.4, 0.5) is 9.59 Å². The highest BCUT2D eigenvalue weighted by Gasteiger charge is 2.63. The molecule has 2 heterocycles. The number of rotatable bonds is 2. The Bertz CT molecular complexity index is 838. The molecule has 0 saturated heterocycles. The lowest BCUT2D eigenvalue weighted by atomic mass is 9.58. The highest BCUT2D eigenvalue weighted by molar-refractivity contribution is 6.29. The largest absolute Gasteiger partial charge is 0.464 e. The van der Waals surface area contributed by atoms with Gasteiger partial charge in [0.25, 0.3) is 0 Å². The molecule has 2 rings (SSSR count). The van der Waals surface area contributed by atoms with Crippen molar-refractivity contribution in [2.45, 2.75) is 47.1 Å². The Morgan fingerprint density at radius 3 is 1.92 bits per heavy atom. The highest BCUT2D eigenvalue weighted by Crippen LogP contribution is 2.55. The van der Waals surface area contributed by atoms with E-state index in [1.165, 1.54) is 10.6 Å². The van der Waals surface area contributed by atoms with Crippen molar-refractivity contribution in [1.82, 2.24) is 24.7 Å². The second-order valence-electron chi connectivity index (χ2n) is 8.06. The van der Waals surface area contributed by atoms with Crippen LogP contribution >= 0.6 is 11.6 Å². The summed E-state index contributed by atoms with van der Waals surface area (Å²) in [5.74, 6) is 0.0831. The maximum absolute atomic E-state index is 12.0. The number of carbonyl (C=O) groups is 2. The lowest BCUT2D eigenvalue weighted by Gasteiger charge is -2.54. The highest BCUT2D eigenvalue weighted by atomic mass is 35.5. The van der Waals surface area contributed by atoms with E-state index in [0.29, 0.717) is 10.5 Å². The molecule has 0 aromatic carbocycles. The first kappa shape index (κ1) is 19.9. The van der Waals surface area contributed by atoms with E-state index < -0.39 is 28.6 Å². The Morgan fingerprint density at radius 2 is 1.50 bits per heavy atom. The molecular formula is C16H22ClN5O4. The van der Waals surface area contributed by atoms with E-state index >= 15 is 0 Å². The van der Waals surface area contributed by atoms with Gasteiger partial charge in [0.15, 0.2) is 11.5 Å². The molecule has 0 aliphatic heterocycles. The van der Waals surface area contributed by atoms with Crippen LogP contribution in [0.15, 0.2) is 12.1 Å². The zero-order valence-corrected chi connectivity index (χ0v) is 16.2. The zero-order chi connectivity index (χ0) is 20.1. The first-order valence-corrected chi connectivity index (χ1v) is 8.27. The third-order valence-corrected chi connectivity index (χ3v) is 4.64. The summed E-state index contributed by atoms with van der Waals surface area (Å²) in [6, 6.07) is 3.10. The van der Waals surface area contributed by atoms with Gasteiger partial charge in [0.1, 0.15) is 10.7 Å². The van der Waals surface area contributed by atoms with Crippen molar-refractivity contribution in [3.8, 4) is 0 Å². The zero-order valence-electron chi connectivity index (χ0n) is 15.5. The van der Waals surface area contributed by atoms with Crippen molar-refractivity contribution in [1.29, 1.82) is 0 Å². The molecule has 0 spiro atoms. The summed E-state index contributed by atoms with van der Waals surface area (Å²) < 4.78 is 1.30. The second kappa shape index (κ2) is 6.08. The smallest absolute Gasteiger partial charge is 0.417 e. The minimum Gasteiger partial charge on any atom is -0.464 e. The molecule has 0 aliphatic carbocycles. The van der Waals surface area contributed by atoms with Crippen LogP contribution in [0.5, 0.6) is 0 Å². The monoisotopic (exact) mass is 383 g/mol. The fraction of sp³-hybridized carbons (Fsp3) is 0.562. The summed E-state index contributed by atoms with van der Waals surface area (Å²) in [7, 11) is 0. The Morgan fingerprint density at radius 1 is 1.00 bits per heavy atom. The van der Waals surface area contributed by atoms with Crippen molar-refractivity contribution in [3.05, 3.63) is 23.1 Å². The minimum absolute atomic E-state index is 0.0831. The number of amides is 2. The molecule has 0 aliphatic rings. The number of halogens is 1. The van der Waals surface area contributed by atoms with Crippen LogP contribution in [-0.2, 0) is 5.54 Å². The van der Waals surface area contributed by atoms with E-state index in [0.717, 1.165) is 0 Å². The molecule has 26 heavy (non-hydrogen) atoms. The number of nitrogens with zero attached hydrogens (tertiary/aromatic N) is 5. The van der Waals surface area contributed by atoms with Gasteiger partial charge in [0, 0.05) is 0 Å². The molecule has 0 saturated carbocycles. The van der Waals surface area contributed by atoms with E-state index in [1.807, 2.05) is 0 Å². The van der Waals surface area contributed by atoms with Crippen LogP contribution in [0.2, 0.25) is 5.15 Å². The van der Waals surface area contributed by atoms with Crippen LogP contribution in [0.3, 0.4) is 0 Å². The molecule has 0 atom stereocenters. The summed E-state index contributed by atoms with van der Waals surface area (Å²) in [5.41, 5.74) is -3.07. The molecule has 9 nitrogen and oxygen atoms in total. The standard InChI is InChI=1S/C16H22ClN5O4/c1-14(2,3)16(15(4,5)6,21(12(23)24)13(25)26)11-19-18-10-8-7-9(17)20-22(10)11/h7-8H,1-6H3,(H,23,24)(H,25,26). The van der Waals surface area contributed by atoms with Crippen molar-refractivity contribution < 1.29 is 19.8 Å². The number of aromatic nitrogens is 4. The van der Waals surface area contributed by atoms with Crippen LogP contribution in [0, 0.1) is 10.8 Å². The number of hydrogen-bond acceptors (Lipinski definition) is 5. The fourth-order valence-corrected chi connectivity index (χ4v) is 4.07. The van der Waals surface area contributed by atoms with Crippen molar-refractivity contribution in [2.24, 2.45) is 10.8 Å². The second-order valence-corrected chi connectivity index (χ2v) is 8.45. The maximum Gasteiger partial charge on any atom is 0.417 e. The van der Waals surface area contributed by atoms with Gasteiger partial charge in [-0.3, -0.25) is 0 Å². The Balaban J connectivity index is 3.07. The SMILES string of the molecule is CC(C)(C)C(c1nnc2ccc(Cl)nn12)(N(C(=O)O)C(=O)O)C(C)(C)C. The number of hydrogen-bond donors (Lipinski definition) is 2. The molecule has 142 valence electrons. The van der Waals surface area contributed by atoms with Gasteiger partial charge < -0.3 is 10.2 Å². The predicted molar refractivity (Wildman–Crippen MR) is 94.3 cm³/mol. The number of fused-ring (bicyclic) bond motifs is 1. The van der Waals surface area contributed by atoms with Gasteiger partial charge in [-0.2, -0.15) is 14.5 Å². The minimum atomic E-state index is -1.62. The van der Waals surface area contributed by atoms with Crippen molar-refractivity contribution >= 4 is 29.4 Å². The maximum atomic E-state index is 12.0. The first-order chi connectivity index (χ1) is 11.7. The van der Waals surface area contributed by atoms with Crippen molar-refractivity contribution in [3.63, 3.8) is 0 Å². The van der Waals surface area contributed by atoms with Gasteiger partial charge in [-0.25, -0.2) is 9.59 Å². The average Bonchev–Trinajstić information content (AvgIpc) is 2.83. The molecule has 2 amide bonds. The molecule has 0 fully saturated rings. The van der Waals surface area contributed by atoms with Gasteiger partial charge >= 0.3 is 12.2 Å². The molecular weight excluding hydrogens is 362 g/mol. The molecule has 0 unspecified atom stereocenters. The quantitative estimate of drug-likeness (QED) is 0.810. The van der Waals surface area contributed by atoms with Gasteiger partial charge in [0.2, 0.25) is 0 Å². The normalized spacial score (nSPS) is 13.0.